The van der Waals surface area contributed by atoms with Crippen molar-refractivity contribution in [3.05, 3.63) is 29.1 Å². The van der Waals surface area contributed by atoms with E-state index in [1.807, 2.05) is 13.1 Å². The lowest BCUT2D eigenvalue weighted by atomic mass is 10.0. The van der Waals surface area contributed by atoms with E-state index in [9.17, 15) is 0 Å². The predicted octanol–water partition coefficient (Wildman–Crippen LogP) is 2.58. The van der Waals surface area contributed by atoms with Crippen molar-refractivity contribution in [1.29, 1.82) is 0 Å². The van der Waals surface area contributed by atoms with Gasteiger partial charge in [0.25, 0.3) is 0 Å². The molecular formula is C13H20N4O. The Bertz CT molecular complexity index is 527. The zero-order valence-corrected chi connectivity index (χ0v) is 11.6. The molecule has 0 aromatic carbocycles. The van der Waals surface area contributed by atoms with Crippen LogP contribution in [0.25, 0.3) is 0 Å². The van der Waals surface area contributed by atoms with Crippen LogP contribution in [0.4, 0.5) is 0 Å². The summed E-state index contributed by atoms with van der Waals surface area (Å²) < 4.78 is 6.93. The summed E-state index contributed by atoms with van der Waals surface area (Å²) in [6.07, 6.45) is 2.85. The van der Waals surface area contributed by atoms with Gasteiger partial charge in [0.1, 0.15) is 17.2 Å². The molecule has 2 aromatic rings. The number of nitrogens with zero attached hydrogens (tertiary/aromatic N) is 4. The Hall–Kier alpha value is -1.65. The van der Waals surface area contributed by atoms with Gasteiger partial charge >= 0.3 is 0 Å². The molecule has 0 fully saturated rings. The molecule has 0 radical (unpaired) electrons. The van der Waals surface area contributed by atoms with Crippen molar-refractivity contribution < 1.29 is 4.63 Å². The molecule has 0 amide bonds. The fourth-order valence-corrected chi connectivity index (χ4v) is 2.28. The maximum Gasteiger partial charge on any atom is 0.111 e. The Morgan fingerprint density at radius 3 is 2.50 bits per heavy atom. The fourth-order valence-electron chi connectivity index (χ4n) is 2.28. The highest BCUT2D eigenvalue weighted by Gasteiger charge is 2.17. The van der Waals surface area contributed by atoms with Crippen LogP contribution in [-0.2, 0) is 13.5 Å². The van der Waals surface area contributed by atoms with Gasteiger partial charge in [-0.2, -0.15) is 0 Å². The average Bonchev–Trinajstić information content (AvgIpc) is 2.86. The maximum absolute atomic E-state index is 4.76. The van der Waals surface area contributed by atoms with E-state index in [0.717, 1.165) is 23.6 Å². The van der Waals surface area contributed by atoms with Crippen molar-refractivity contribution >= 4 is 0 Å². The fraction of sp³-hybridized carbons (Fsp3) is 0.615. The van der Waals surface area contributed by atoms with Crippen molar-refractivity contribution in [1.82, 2.24) is 19.9 Å². The first-order chi connectivity index (χ1) is 8.50. The molecule has 1 unspecified atom stereocenters. The molecule has 5 heteroatoms. The van der Waals surface area contributed by atoms with Gasteiger partial charge in [-0.05, 0) is 13.3 Å². The highest BCUT2D eigenvalue weighted by molar-refractivity contribution is 5.16. The van der Waals surface area contributed by atoms with Crippen LogP contribution < -0.4 is 0 Å². The number of imidazole rings is 1. The van der Waals surface area contributed by atoms with E-state index in [1.165, 1.54) is 5.69 Å². The van der Waals surface area contributed by atoms with Crippen molar-refractivity contribution in [2.24, 2.45) is 7.05 Å². The SMILES string of the molecule is Cc1nonc1C(C)Cc1cnc(C(C)C)n1C. The normalized spacial score (nSPS) is 13.2. The highest BCUT2D eigenvalue weighted by atomic mass is 16.6. The molecule has 98 valence electrons. The third kappa shape index (κ3) is 2.30. The molecule has 5 nitrogen and oxygen atoms in total. The van der Waals surface area contributed by atoms with E-state index >= 15 is 0 Å². The average molecular weight is 248 g/mol. The summed E-state index contributed by atoms with van der Waals surface area (Å²) in [5.41, 5.74) is 3.02. The Morgan fingerprint density at radius 1 is 1.28 bits per heavy atom. The van der Waals surface area contributed by atoms with Gasteiger partial charge in [0.2, 0.25) is 0 Å². The Balaban J connectivity index is 2.17. The first kappa shape index (κ1) is 12.8. The molecule has 0 spiro atoms. The van der Waals surface area contributed by atoms with E-state index in [-0.39, 0.29) is 5.92 Å². The minimum Gasteiger partial charge on any atom is -0.335 e. The molecule has 18 heavy (non-hydrogen) atoms. The van der Waals surface area contributed by atoms with Crippen LogP contribution in [0.15, 0.2) is 10.8 Å². The van der Waals surface area contributed by atoms with E-state index in [2.05, 4.69) is 47.7 Å². The number of hydrogen-bond acceptors (Lipinski definition) is 4. The number of hydrogen-bond donors (Lipinski definition) is 0. The van der Waals surface area contributed by atoms with E-state index in [0.29, 0.717) is 5.92 Å². The molecule has 2 aromatic heterocycles. The summed E-state index contributed by atoms with van der Waals surface area (Å²) in [5.74, 6) is 1.84. The second kappa shape index (κ2) is 4.92. The van der Waals surface area contributed by atoms with Crippen LogP contribution in [-0.4, -0.2) is 19.9 Å². The molecule has 0 bridgehead atoms. The summed E-state index contributed by atoms with van der Waals surface area (Å²) in [6, 6.07) is 0. The molecule has 0 saturated carbocycles. The Kier molecular flexibility index (Phi) is 3.50. The van der Waals surface area contributed by atoms with Crippen LogP contribution in [0, 0.1) is 6.92 Å². The lowest BCUT2D eigenvalue weighted by molar-refractivity contribution is 0.299. The molecule has 2 rings (SSSR count). The quantitative estimate of drug-likeness (QED) is 0.834. The minimum atomic E-state index is 0.284. The lowest BCUT2D eigenvalue weighted by Crippen LogP contribution is -2.07. The summed E-state index contributed by atoms with van der Waals surface area (Å²) in [5, 5.41) is 7.79. The molecular weight excluding hydrogens is 228 g/mol. The lowest BCUT2D eigenvalue weighted by Gasteiger charge is -2.11. The summed E-state index contributed by atoms with van der Waals surface area (Å²) >= 11 is 0. The first-order valence-electron chi connectivity index (χ1n) is 6.30. The molecule has 0 aliphatic carbocycles. The van der Waals surface area contributed by atoms with Gasteiger partial charge in [0.15, 0.2) is 0 Å². The largest absolute Gasteiger partial charge is 0.335 e. The highest BCUT2D eigenvalue weighted by Crippen LogP contribution is 2.22. The number of aryl methyl sites for hydroxylation is 1. The van der Waals surface area contributed by atoms with Crippen molar-refractivity contribution in [3.63, 3.8) is 0 Å². The van der Waals surface area contributed by atoms with Crippen LogP contribution in [0.1, 0.15) is 55.5 Å². The van der Waals surface area contributed by atoms with Crippen molar-refractivity contribution in [3.8, 4) is 0 Å². The van der Waals surface area contributed by atoms with Crippen LogP contribution in [0.5, 0.6) is 0 Å². The second-order valence-corrected chi connectivity index (χ2v) is 5.16. The minimum absolute atomic E-state index is 0.284. The van der Waals surface area contributed by atoms with Gasteiger partial charge in [0, 0.05) is 30.8 Å². The molecule has 2 heterocycles. The maximum atomic E-state index is 4.76. The van der Waals surface area contributed by atoms with Crippen molar-refractivity contribution in [2.45, 2.75) is 46.0 Å². The Labute approximate surface area is 107 Å². The third-order valence-corrected chi connectivity index (χ3v) is 3.31. The van der Waals surface area contributed by atoms with Gasteiger partial charge < -0.3 is 4.57 Å². The van der Waals surface area contributed by atoms with Crippen molar-refractivity contribution in [2.75, 3.05) is 0 Å². The van der Waals surface area contributed by atoms with E-state index < -0.39 is 0 Å². The molecule has 0 aliphatic heterocycles. The monoisotopic (exact) mass is 248 g/mol. The first-order valence-corrected chi connectivity index (χ1v) is 6.30. The standard InChI is InChI=1S/C13H20N4O/c1-8(2)13-14-7-11(17(13)5)6-9(3)12-10(4)15-18-16-12/h7-9H,6H2,1-5H3. The zero-order valence-electron chi connectivity index (χ0n) is 11.6. The molecule has 0 N–H and O–H groups in total. The van der Waals surface area contributed by atoms with Gasteiger partial charge in [-0.1, -0.05) is 31.1 Å². The summed E-state index contributed by atoms with van der Waals surface area (Å²) in [6.45, 7) is 8.36. The van der Waals surface area contributed by atoms with E-state index in [1.54, 1.807) is 0 Å². The number of aromatic nitrogens is 4. The predicted molar refractivity (Wildman–Crippen MR) is 68.5 cm³/mol. The van der Waals surface area contributed by atoms with E-state index in [4.69, 9.17) is 4.63 Å². The molecule has 0 saturated heterocycles. The third-order valence-electron chi connectivity index (χ3n) is 3.31. The van der Waals surface area contributed by atoms with Gasteiger partial charge in [-0.25, -0.2) is 9.61 Å². The van der Waals surface area contributed by atoms with Gasteiger partial charge in [-0.3, -0.25) is 0 Å². The zero-order chi connectivity index (χ0) is 13.3. The van der Waals surface area contributed by atoms with Gasteiger partial charge in [0.05, 0.1) is 0 Å². The molecule has 1 atom stereocenters. The van der Waals surface area contributed by atoms with Crippen LogP contribution in [0.3, 0.4) is 0 Å². The van der Waals surface area contributed by atoms with Crippen LogP contribution in [0.2, 0.25) is 0 Å². The summed E-state index contributed by atoms with van der Waals surface area (Å²) in [4.78, 5) is 4.48. The molecule has 0 aliphatic rings. The van der Waals surface area contributed by atoms with Gasteiger partial charge in [-0.15, -0.1) is 0 Å². The van der Waals surface area contributed by atoms with Crippen LogP contribution >= 0.6 is 0 Å². The Morgan fingerprint density at radius 2 is 2.00 bits per heavy atom. The smallest absolute Gasteiger partial charge is 0.111 e. The second-order valence-electron chi connectivity index (χ2n) is 5.16. The topological polar surface area (TPSA) is 56.7 Å². The number of rotatable bonds is 4. The summed E-state index contributed by atoms with van der Waals surface area (Å²) in [7, 11) is 2.07.